The third-order valence-corrected chi connectivity index (χ3v) is 1.75. The quantitative estimate of drug-likeness (QED) is 0.353. The van der Waals surface area contributed by atoms with E-state index >= 15 is 0 Å². The molecular formula is C6H12O5. The standard InChI is InChI=1S/C6H12O5/c1-2(7)5-3(8)4(9)6(10)11-5/h2-10H,1H3/t2-,3-,4+,5?,6?/m0/s1. The highest BCUT2D eigenvalue weighted by molar-refractivity contribution is 4.88. The highest BCUT2D eigenvalue weighted by atomic mass is 16.6. The van der Waals surface area contributed by atoms with Gasteiger partial charge in [0.1, 0.15) is 18.3 Å². The van der Waals surface area contributed by atoms with E-state index in [-0.39, 0.29) is 0 Å². The van der Waals surface area contributed by atoms with E-state index in [2.05, 4.69) is 4.74 Å². The van der Waals surface area contributed by atoms with Crippen LogP contribution in [0, 0.1) is 0 Å². The Labute approximate surface area is 63.8 Å². The summed E-state index contributed by atoms with van der Waals surface area (Å²) in [5.74, 6) is 0. The predicted octanol–water partition coefficient (Wildman–Crippen LogP) is -2.19. The summed E-state index contributed by atoms with van der Waals surface area (Å²) in [6, 6.07) is 0. The first kappa shape index (κ1) is 8.89. The van der Waals surface area contributed by atoms with Crippen molar-refractivity contribution in [2.24, 2.45) is 0 Å². The van der Waals surface area contributed by atoms with Gasteiger partial charge in [0.2, 0.25) is 0 Å². The molecule has 5 atom stereocenters. The molecule has 1 fully saturated rings. The fraction of sp³-hybridized carbons (Fsp3) is 1.00. The first-order valence-corrected chi connectivity index (χ1v) is 3.41. The van der Waals surface area contributed by atoms with Crippen molar-refractivity contribution >= 4 is 0 Å². The molecule has 2 unspecified atom stereocenters. The summed E-state index contributed by atoms with van der Waals surface area (Å²) in [5, 5.41) is 35.8. The molecule has 0 aliphatic carbocycles. The molecule has 1 aliphatic heterocycles. The Balaban J connectivity index is 2.59. The summed E-state index contributed by atoms with van der Waals surface area (Å²) in [6.07, 6.45) is -5.75. The lowest BCUT2D eigenvalue weighted by Gasteiger charge is -2.16. The van der Waals surface area contributed by atoms with Gasteiger partial charge in [0, 0.05) is 0 Å². The molecule has 0 aromatic heterocycles. The zero-order valence-corrected chi connectivity index (χ0v) is 6.08. The van der Waals surface area contributed by atoms with Gasteiger partial charge in [0.15, 0.2) is 6.29 Å². The van der Waals surface area contributed by atoms with Crippen molar-refractivity contribution in [2.45, 2.75) is 37.6 Å². The summed E-state index contributed by atoms with van der Waals surface area (Å²) >= 11 is 0. The molecule has 4 N–H and O–H groups in total. The van der Waals surface area contributed by atoms with E-state index in [1.165, 1.54) is 6.92 Å². The molecule has 0 bridgehead atoms. The van der Waals surface area contributed by atoms with Gasteiger partial charge in [-0.2, -0.15) is 0 Å². The Morgan fingerprint density at radius 2 is 1.73 bits per heavy atom. The van der Waals surface area contributed by atoms with E-state index in [4.69, 9.17) is 20.4 Å². The number of aliphatic hydroxyl groups excluding tert-OH is 4. The van der Waals surface area contributed by atoms with E-state index in [0.29, 0.717) is 0 Å². The molecule has 0 aromatic carbocycles. The van der Waals surface area contributed by atoms with E-state index in [1.54, 1.807) is 0 Å². The van der Waals surface area contributed by atoms with Gasteiger partial charge in [-0.05, 0) is 6.92 Å². The average Bonchev–Trinajstić information content (AvgIpc) is 2.17. The van der Waals surface area contributed by atoms with Crippen LogP contribution in [0.3, 0.4) is 0 Å². The Kier molecular flexibility index (Phi) is 2.46. The fourth-order valence-electron chi connectivity index (χ4n) is 1.08. The molecule has 0 aromatic rings. The molecule has 5 heteroatoms. The van der Waals surface area contributed by atoms with E-state index in [9.17, 15) is 0 Å². The Hall–Kier alpha value is -0.200. The molecule has 1 rings (SSSR count). The number of aliphatic hydroxyl groups is 4. The van der Waals surface area contributed by atoms with Crippen LogP contribution < -0.4 is 0 Å². The first-order chi connectivity index (χ1) is 5.04. The van der Waals surface area contributed by atoms with Crippen molar-refractivity contribution in [1.82, 2.24) is 0 Å². The first-order valence-electron chi connectivity index (χ1n) is 3.41. The van der Waals surface area contributed by atoms with Gasteiger partial charge in [0.05, 0.1) is 6.10 Å². The molecule has 0 saturated carbocycles. The van der Waals surface area contributed by atoms with Crippen LogP contribution >= 0.6 is 0 Å². The molecule has 1 heterocycles. The lowest BCUT2D eigenvalue weighted by atomic mass is 10.1. The Bertz CT molecular complexity index is 137. The van der Waals surface area contributed by atoms with Crippen LogP contribution in [0.2, 0.25) is 0 Å². The second-order valence-corrected chi connectivity index (χ2v) is 2.71. The minimum atomic E-state index is -1.40. The van der Waals surface area contributed by atoms with Crippen molar-refractivity contribution in [1.29, 1.82) is 0 Å². The van der Waals surface area contributed by atoms with Gasteiger partial charge in [-0.15, -0.1) is 0 Å². The second kappa shape index (κ2) is 3.04. The molecule has 1 aliphatic rings. The lowest BCUT2D eigenvalue weighted by molar-refractivity contribution is -0.143. The topological polar surface area (TPSA) is 90.2 Å². The van der Waals surface area contributed by atoms with Crippen LogP contribution in [0.15, 0.2) is 0 Å². The zero-order chi connectivity index (χ0) is 8.59. The number of hydrogen-bond donors (Lipinski definition) is 4. The molecule has 11 heavy (non-hydrogen) atoms. The summed E-state index contributed by atoms with van der Waals surface area (Å²) in [6.45, 7) is 1.42. The van der Waals surface area contributed by atoms with Crippen molar-refractivity contribution in [3.63, 3.8) is 0 Å². The van der Waals surface area contributed by atoms with Crippen LogP contribution in [0.5, 0.6) is 0 Å². The molecule has 0 amide bonds. The number of hydrogen-bond acceptors (Lipinski definition) is 5. The molecule has 66 valence electrons. The van der Waals surface area contributed by atoms with Crippen molar-refractivity contribution in [2.75, 3.05) is 0 Å². The van der Waals surface area contributed by atoms with Gasteiger partial charge in [0.25, 0.3) is 0 Å². The Morgan fingerprint density at radius 1 is 1.18 bits per heavy atom. The molecule has 0 radical (unpaired) electrons. The fourth-order valence-corrected chi connectivity index (χ4v) is 1.08. The van der Waals surface area contributed by atoms with E-state index in [1.807, 2.05) is 0 Å². The second-order valence-electron chi connectivity index (χ2n) is 2.71. The highest BCUT2D eigenvalue weighted by Gasteiger charge is 2.43. The maximum absolute atomic E-state index is 9.10. The summed E-state index contributed by atoms with van der Waals surface area (Å²) in [7, 11) is 0. The zero-order valence-electron chi connectivity index (χ0n) is 6.08. The van der Waals surface area contributed by atoms with E-state index in [0.717, 1.165) is 0 Å². The largest absolute Gasteiger partial charge is 0.391 e. The van der Waals surface area contributed by atoms with Crippen molar-refractivity contribution in [3.8, 4) is 0 Å². The number of rotatable bonds is 1. The highest BCUT2D eigenvalue weighted by Crippen LogP contribution is 2.21. The van der Waals surface area contributed by atoms with Gasteiger partial charge >= 0.3 is 0 Å². The molecule has 5 nitrogen and oxygen atoms in total. The van der Waals surface area contributed by atoms with Crippen LogP contribution in [0.4, 0.5) is 0 Å². The monoisotopic (exact) mass is 164 g/mol. The maximum atomic E-state index is 9.10. The van der Waals surface area contributed by atoms with Crippen molar-refractivity contribution < 1.29 is 25.2 Å². The summed E-state index contributed by atoms with van der Waals surface area (Å²) < 4.78 is 4.65. The Morgan fingerprint density at radius 3 is 1.91 bits per heavy atom. The maximum Gasteiger partial charge on any atom is 0.184 e. The predicted molar refractivity (Wildman–Crippen MR) is 34.6 cm³/mol. The number of ether oxygens (including phenoxy) is 1. The van der Waals surface area contributed by atoms with Gasteiger partial charge < -0.3 is 25.2 Å². The lowest BCUT2D eigenvalue weighted by Crippen LogP contribution is -2.37. The third kappa shape index (κ3) is 1.52. The molecular weight excluding hydrogens is 152 g/mol. The summed E-state index contributed by atoms with van der Waals surface area (Å²) in [4.78, 5) is 0. The molecule has 0 spiro atoms. The third-order valence-electron chi connectivity index (χ3n) is 1.75. The van der Waals surface area contributed by atoms with Crippen molar-refractivity contribution in [3.05, 3.63) is 0 Å². The molecule has 1 saturated heterocycles. The minimum Gasteiger partial charge on any atom is -0.391 e. The van der Waals surface area contributed by atoms with Crippen LogP contribution in [-0.2, 0) is 4.74 Å². The SMILES string of the molecule is C[C@H](O)C1OC(O)[C@H](O)[C@@H]1O. The van der Waals surface area contributed by atoms with Gasteiger partial charge in [-0.25, -0.2) is 0 Å². The van der Waals surface area contributed by atoms with Crippen LogP contribution in [0.1, 0.15) is 6.92 Å². The van der Waals surface area contributed by atoms with Gasteiger partial charge in [-0.1, -0.05) is 0 Å². The minimum absolute atomic E-state index is 0.903. The average molecular weight is 164 g/mol. The van der Waals surface area contributed by atoms with Gasteiger partial charge in [-0.3, -0.25) is 0 Å². The summed E-state index contributed by atoms with van der Waals surface area (Å²) in [5.41, 5.74) is 0. The van der Waals surface area contributed by atoms with Crippen LogP contribution in [-0.4, -0.2) is 51.1 Å². The normalized spacial score (nSPS) is 47.7. The smallest absolute Gasteiger partial charge is 0.184 e. The van der Waals surface area contributed by atoms with Crippen LogP contribution in [0.25, 0.3) is 0 Å². The van der Waals surface area contributed by atoms with E-state index < -0.39 is 30.7 Å².